The molecule has 0 radical (unpaired) electrons. The van der Waals surface area contributed by atoms with E-state index in [1.54, 1.807) is 4.57 Å². The van der Waals surface area contributed by atoms with Gasteiger partial charge in [-0.05, 0) is 38.8 Å². The number of hydrogen-bond donors (Lipinski definition) is 0. The molecule has 0 N–H and O–H groups in total. The van der Waals surface area contributed by atoms with Crippen molar-refractivity contribution in [3.63, 3.8) is 0 Å². The van der Waals surface area contributed by atoms with Gasteiger partial charge in [0.05, 0.1) is 28.9 Å². The molecule has 2 aliphatic rings. The lowest BCUT2D eigenvalue weighted by Crippen LogP contribution is -2.48. The van der Waals surface area contributed by atoms with E-state index in [-0.39, 0.29) is 35.5 Å². The zero-order chi connectivity index (χ0) is 18.3. The molecule has 1 aliphatic carbocycles. The highest BCUT2D eigenvalue weighted by molar-refractivity contribution is 7.99. The molecule has 1 aromatic carbocycles. The molecule has 0 bridgehead atoms. The summed E-state index contributed by atoms with van der Waals surface area (Å²) >= 11 is 1.37. The van der Waals surface area contributed by atoms with Crippen LogP contribution in [0.5, 0.6) is 0 Å². The van der Waals surface area contributed by atoms with E-state index >= 15 is 0 Å². The summed E-state index contributed by atoms with van der Waals surface area (Å²) in [5.41, 5.74) is 0.694. The van der Waals surface area contributed by atoms with Crippen LogP contribution in [-0.4, -0.2) is 51.4 Å². The molecule has 2 unspecified atom stereocenters. The summed E-state index contributed by atoms with van der Waals surface area (Å²) in [7, 11) is 0. The Kier molecular flexibility index (Phi) is 4.75. The fraction of sp³-hybridized carbons (Fsp3) is 0.526. The first-order valence-electron chi connectivity index (χ1n) is 9.10. The van der Waals surface area contributed by atoms with E-state index in [2.05, 4.69) is 4.98 Å². The lowest BCUT2D eigenvalue weighted by molar-refractivity contribution is -0.140. The molecule has 138 valence electrons. The Labute approximate surface area is 156 Å². The van der Waals surface area contributed by atoms with E-state index in [4.69, 9.17) is 4.74 Å². The van der Waals surface area contributed by atoms with Crippen LogP contribution in [-0.2, 0) is 9.53 Å². The monoisotopic (exact) mass is 373 g/mol. The van der Waals surface area contributed by atoms with E-state index in [0.717, 1.165) is 12.8 Å². The average Bonchev–Trinajstić information content (AvgIpc) is 3.43. The zero-order valence-electron chi connectivity index (χ0n) is 15.1. The Balaban J connectivity index is 1.56. The van der Waals surface area contributed by atoms with E-state index in [1.807, 2.05) is 43.0 Å². The summed E-state index contributed by atoms with van der Waals surface area (Å²) in [6.07, 6.45) is 2.10. The van der Waals surface area contributed by atoms with Crippen molar-refractivity contribution in [2.45, 2.75) is 50.1 Å². The van der Waals surface area contributed by atoms with E-state index in [1.165, 1.54) is 11.8 Å². The van der Waals surface area contributed by atoms with Crippen molar-refractivity contribution in [1.82, 2.24) is 14.5 Å². The van der Waals surface area contributed by atoms with Gasteiger partial charge in [0.15, 0.2) is 5.16 Å². The molecule has 1 saturated carbocycles. The van der Waals surface area contributed by atoms with Gasteiger partial charge in [-0.2, -0.15) is 0 Å². The lowest BCUT2D eigenvalue weighted by Gasteiger charge is -2.35. The molecular formula is C19H23N3O3S. The molecule has 26 heavy (non-hydrogen) atoms. The van der Waals surface area contributed by atoms with E-state index < -0.39 is 0 Å². The highest BCUT2D eigenvalue weighted by Crippen LogP contribution is 2.36. The second kappa shape index (κ2) is 7.04. The van der Waals surface area contributed by atoms with Crippen molar-refractivity contribution in [2.75, 3.05) is 18.8 Å². The number of nitrogens with zero attached hydrogens (tertiary/aromatic N) is 3. The average molecular weight is 373 g/mol. The minimum absolute atomic E-state index is 0.00154. The van der Waals surface area contributed by atoms with Crippen molar-refractivity contribution < 1.29 is 9.53 Å². The Hall–Kier alpha value is -1.86. The topological polar surface area (TPSA) is 64.4 Å². The number of morpholine rings is 1. The normalized spacial score (nSPS) is 23.4. The van der Waals surface area contributed by atoms with Gasteiger partial charge in [-0.1, -0.05) is 23.9 Å². The van der Waals surface area contributed by atoms with Crippen LogP contribution in [0.2, 0.25) is 0 Å². The lowest BCUT2D eigenvalue weighted by atomic mass is 10.2. The number of ether oxygens (including phenoxy) is 1. The van der Waals surface area contributed by atoms with Crippen LogP contribution < -0.4 is 5.56 Å². The Bertz CT molecular complexity index is 883. The summed E-state index contributed by atoms with van der Waals surface area (Å²) < 4.78 is 7.48. The summed E-state index contributed by atoms with van der Waals surface area (Å²) in [5.74, 6) is 0.360. The first-order valence-corrected chi connectivity index (χ1v) is 10.1. The number of hydrogen-bond acceptors (Lipinski definition) is 5. The van der Waals surface area contributed by atoms with Gasteiger partial charge >= 0.3 is 0 Å². The SMILES string of the molecule is CC1CN(C(=O)CSc2nc3ccccc3c(=O)n2C2CC2)CC(C)O1. The number of fused-ring (bicyclic) bond motifs is 1. The fourth-order valence-corrected chi connectivity index (χ4v) is 4.45. The van der Waals surface area contributed by atoms with Crippen LogP contribution >= 0.6 is 11.8 Å². The molecular weight excluding hydrogens is 350 g/mol. The maximum atomic E-state index is 12.9. The number of carbonyl (C=O) groups is 1. The van der Waals surface area contributed by atoms with Crippen LogP contribution in [0, 0.1) is 0 Å². The molecule has 1 saturated heterocycles. The van der Waals surface area contributed by atoms with Gasteiger partial charge in [0.2, 0.25) is 5.91 Å². The molecule has 2 atom stereocenters. The Morgan fingerprint density at radius 3 is 2.62 bits per heavy atom. The number of amides is 1. The predicted molar refractivity (Wildman–Crippen MR) is 102 cm³/mol. The number of benzene rings is 1. The van der Waals surface area contributed by atoms with Gasteiger partial charge in [-0.15, -0.1) is 0 Å². The Morgan fingerprint density at radius 1 is 1.23 bits per heavy atom. The van der Waals surface area contributed by atoms with Crippen LogP contribution in [0.25, 0.3) is 10.9 Å². The summed E-state index contributed by atoms with van der Waals surface area (Å²) in [4.78, 5) is 32.0. The van der Waals surface area contributed by atoms with Gasteiger partial charge < -0.3 is 9.64 Å². The minimum Gasteiger partial charge on any atom is -0.372 e. The molecule has 2 heterocycles. The third kappa shape index (κ3) is 3.50. The molecule has 1 aliphatic heterocycles. The first-order chi connectivity index (χ1) is 12.5. The van der Waals surface area contributed by atoms with Gasteiger partial charge in [0.1, 0.15) is 0 Å². The molecule has 7 heteroatoms. The first kappa shape index (κ1) is 17.5. The van der Waals surface area contributed by atoms with Gasteiger partial charge in [0, 0.05) is 19.1 Å². The largest absolute Gasteiger partial charge is 0.372 e. The fourth-order valence-electron chi connectivity index (χ4n) is 3.48. The van der Waals surface area contributed by atoms with Gasteiger partial charge in [-0.25, -0.2) is 4.98 Å². The number of aromatic nitrogens is 2. The molecule has 1 amide bonds. The van der Waals surface area contributed by atoms with Gasteiger partial charge in [-0.3, -0.25) is 14.2 Å². The van der Waals surface area contributed by atoms with E-state index in [0.29, 0.717) is 29.1 Å². The van der Waals surface area contributed by atoms with Crippen molar-refractivity contribution in [3.05, 3.63) is 34.6 Å². The van der Waals surface area contributed by atoms with Crippen LogP contribution in [0.4, 0.5) is 0 Å². The van der Waals surface area contributed by atoms with Crippen LogP contribution in [0.15, 0.2) is 34.2 Å². The van der Waals surface area contributed by atoms with Crippen LogP contribution in [0.3, 0.4) is 0 Å². The second-order valence-electron chi connectivity index (χ2n) is 7.16. The molecule has 4 rings (SSSR count). The summed E-state index contributed by atoms with van der Waals surface area (Å²) in [6, 6.07) is 7.64. The molecule has 1 aromatic heterocycles. The number of rotatable bonds is 4. The number of thioether (sulfide) groups is 1. The predicted octanol–water partition coefficient (Wildman–Crippen LogP) is 2.46. The molecule has 2 aromatic rings. The standard InChI is InChI=1S/C19H23N3O3S/c1-12-9-21(10-13(2)25-12)17(23)11-26-19-20-16-6-4-3-5-15(16)18(24)22(19)14-7-8-14/h3-6,12-14H,7-11H2,1-2H3. The number of para-hydroxylation sites is 1. The van der Waals surface area contributed by atoms with E-state index in [9.17, 15) is 9.59 Å². The maximum Gasteiger partial charge on any atom is 0.262 e. The van der Waals surface area contributed by atoms with Gasteiger partial charge in [0.25, 0.3) is 5.56 Å². The van der Waals surface area contributed by atoms with Crippen molar-refractivity contribution >= 4 is 28.6 Å². The highest BCUT2D eigenvalue weighted by Gasteiger charge is 2.30. The molecule has 2 fully saturated rings. The van der Waals surface area contributed by atoms with Crippen molar-refractivity contribution in [2.24, 2.45) is 0 Å². The summed E-state index contributed by atoms with van der Waals surface area (Å²) in [6.45, 7) is 5.20. The Morgan fingerprint density at radius 2 is 1.92 bits per heavy atom. The number of carbonyl (C=O) groups excluding carboxylic acids is 1. The smallest absolute Gasteiger partial charge is 0.262 e. The van der Waals surface area contributed by atoms with Crippen LogP contribution in [0.1, 0.15) is 32.7 Å². The molecule has 0 spiro atoms. The van der Waals surface area contributed by atoms with Crippen molar-refractivity contribution in [3.8, 4) is 0 Å². The summed E-state index contributed by atoms with van der Waals surface area (Å²) in [5, 5.41) is 1.30. The third-order valence-electron chi connectivity index (χ3n) is 4.78. The zero-order valence-corrected chi connectivity index (χ0v) is 15.9. The highest BCUT2D eigenvalue weighted by atomic mass is 32.2. The second-order valence-corrected chi connectivity index (χ2v) is 8.11. The minimum atomic E-state index is 0.00154. The molecule has 6 nitrogen and oxygen atoms in total. The third-order valence-corrected chi connectivity index (χ3v) is 5.72. The maximum absolute atomic E-state index is 12.9. The van der Waals surface area contributed by atoms with Crippen molar-refractivity contribution in [1.29, 1.82) is 0 Å². The quantitative estimate of drug-likeness (QED) is 0.608.